The summed E-state index contributed by atoms with van der Waals surface area (Å²) in [5.41, 5.74) is 2.45. The lowest BCUT2D eigenvalue weighted by molar-refractivity contribution is -0.139. The summed E-state index contributed by atoms with van der Waals surface area (Å²) in [6.07, 6.45) is 1.96. The lowest BCUT2D eigenvalue weighted by Gasteiger charge is -2.24. The second-order valence-electron chi connectivity index (χ2n) is 9.31. The van der Waals surface area contributed by atoms with E-state index in [-0.39, 0.29) is 12.2 Å². The minimum atomic E-state index is -0.669. The van der Waals surface area contributed by atoms with Gasteiger partial charge < -0.3 is 9.47 Å². The number of aromatic nitrogens is 1. The number of fused-ring (bicyclic) bond motifs is 3. The van der Waals surface area contributed by atoms with Crippen LogP contribution in [0.25, 0.3) is 27.6 Å². The number of esters is 1. The maximum Gasteiger partial charge on any atom is 0.338 e. The predicted octanol–water partition coefficient (Wildman–Crippen LogP) is 5.11. The molecule has 194 valence electrons. The van der Waals surface area contributed by atoms with Crippen molar-refractivity contribution >= 4 is 44.9 Å². The number of thiazole rings is 1. The number of benzene rings is 4. The van der Waals surface area contributed by atoms with Crippen molar-refractivity contribution in [1.29, 1.82) is 0 Å². The number of methoxy groups -OCH3 is 1. The number of rotatable bonds is 5. The van der Waals surface area contributed by atoms with Crippen molar-refractivity contribution in [2.24, 2.45) is 4.99 Å². The fourth-order valence-corrected chi connectivity index (χ4v) is 6.26. The topological polar surface area (TPSA) is 69.9 Å². The Morgan fingerprint density at radius 2 is 1.64 bits per heavy atom. The highest BCUT2D eigenvalue weighted by atomic mass is 32.1. The third-order valence-corrected chi connectivity index (χ3v) is 8.02. The first-order valence-electron chi connectivity index (χ1n) is 12.7. The summed E-state index contributed by atoms with van der Waals surface area (Å²) in [5, 5.41) is 4.34. The highest BCUT2D eigenvalue weighted by molar-refractivity contribution is 7.07. The second kappa shape index (κ2) is 10.0. The molecule has 1 aromatic heterocycles. The Kier molecular flexibility index (Phi) is 6.37. The first kappa shape index (κ1) is 24.8. The van der Waals surface area contributed by atoms with E-state index < -0.39 is 12.0 Å². The molecule has 7 heteroatoms. The smallest absolute Gasteiger partial charge is 0.338 e. The average Bonchev–Trinajstić information content (AvgIpc) is 3.26. The number of allylic oxidation sites excluding steroid dienone is 1. The number of nitrogens with zero attached hydrogens (tertiary/aromatic N) is 2. The summed E-state index contributed by atoms with van der Waals surface area (Å²) in [6.45, 7) is 3.78. The van der Waals surface area contributed by atoms with Crippen LogP contribution in [0.1, 0.15) is 31.0 Å². The van der Waals surface area contributed by atoms with E-state index in [0.717, 1.165) is 32.7 Å². The molecule has 2 heterocycles. The van der Waals surface area contributed by atoms with Crippen LogP contribution in [0.4, 0.5) is 0 Å². The van der Waals surface area contributed by atoms with E-state index in [0.29, 0.717) is 26.4 Å². The van der Waals surface area contributed by atoms with Gasteiger partial charge in [-0.15, -0.1) is 0 Å². The van der Waals surface area contributed by atoms with Crippen molar-refractivity contribution < 1.29 is 14.3 Å². The highest BCUT2D eigenvalue weighted by Gasteiger charge is 2.33. The van der Waals surface area contributed by atoms with Crippen molar-refractivity contribution in [1.82, 2.24) is 4.57 Å². The van der Waals surface area contributed by atoms with Gasteiger partial charge >= 0.3 is 5.97 Å². The van der Waals surface area contributed by atoms with Gasteiger partial charge in [0.2, 0.25) is 0 Å². The van der Waals surface area contributed by atoms with Gasteiger partial charge in [0, 0.05) is 0 Å². The summed E-state index contributed by atoms with van der Waals surface area (Å²) in [6, 6.07) is 25.3. The second-order valence-corrected chi connectivity index (χ2v) is 10.3. The molecule has 0 spiro atoms. The van der Waals surface area contributed by atoms with Gasteiger partial charge in [-0.25, -0.2) is 9.79 Å². The molecular formula is C32H26N2O4S. The van der Waals surface area contributed by atoms with Crippen LogP contribution in [-0.2, 0) is 9.53 Å². The molecule has 0 fully saturated rings. The number of carbonyl (C=O) groups is 1. The lowest BCUT2D eigenvalue weighted by Crippen LogP contribution is -2.39. The van der Waals surface area contributed by atoms with Crippen LogP contribution < -0.4 is 19.6 Å². The molecule has 4 aromatic carbocycles. The molecule has 0 saturated heterocycles. The summed E-state index contributed by atoms with van der Waals surface area (Å²) < 4.78 is 12.9. The largest absolute Gasteiger partial charge is 0.497 e. The fraction of sp³-hybridized carbons (Fsp3) is 0.156. The Labute approximate surface area is 228 Å². The zero-order valence-electron chi connectivity index (χ0n) is 21.8. The van der Waals surface area contributed by atoms with Crippen molar-refractivity contribution in [3.05, 3.63) is 121 Å². The quantitative estimate of drug-likeness (QED) is 0.232. The summed E-state index contributed by atoms with van der Waals surface area (Å²) in [4.78, 5) is 32.5. The first-order chi connectivity index (χ1) is 19.0. The highest BCUT2D eigenvalue weighted by Crippen LogP contribution is 2.32. The number of ether oxygens (including phenoxy) is 2. The standard InChI is InChI=1S/C32H26N2O4S/c1-4-38-31(36)28-19(2)33-32-34(29(28)20-13-15-23(37-3)16-14-20)30(35)27(39-32)18-26-24-11-7-5-9-21(24)17-22-10-6-8-12-25(22)26/h5-18,29H,4H2,1-3H3/b27-18-/t29-/m1/s1. The average molecular weight is 535 g/mol. The van der Waals surface area contributed by atoms with Gasteiger partial charge in [-0.1, -0.05) is 72.0 Å². The molecule has 0 amide bonds. The van der Waals surface area contributed by atoms with E-state index in [2.05, 4.69) is 30.3 Å². The monoisotopic (exact) mass is 534 g/mol. The Hall–Kier alpha value is -4.49. The molecule has 1 aliphatic heterocycles. The van der Waals surface area contributed by atoms with E-state index in [9.17, 15) is 9.59 Å². The van der Waals surface area contributed by atoms with Crippen LogP contribution in [-0.4, -0.2) is 24.3 Å². The Bertz CT molecular complexity index is 1910. The van der Waals surface area contributed by atoms with Gasteiger partial charge in [-0.05, 0) is 70.8 Å². The Morgan fingerprint density at radius 1 is 1.00 bits per heavy atom. The molecule has 5 aromatic rings. The molecule has 0 radical (unpaired) electrons. The van der Waals surface area contributed by atoms with E-state index >= 15 is 0 Å². The SMILES string of the molecule is CCOC(=O)C1=C(C)N=c2s/c(=C\c3c4ccccc4cc4ccccc34)c(=O)n2[C@@H]1c1ccc(OC)cc1. The Morgan fingerprint density at radius 3 is 2.26 bits per heavy atom. The van der Waals surface area contributed by atoms with Crippen LogP contribution in [0.3, 0.4) is 0 Å². The van der Waals surface area contributed by atoms with Crippen LogP contribution in [0.5, 0.6) is 5.75 Å². The van der Waals surface area contributed by atoms with Crippen LogP contribution >= 0.6 is 11.3 Å². The van der Waals surface area contributed by atoms with Gasteiger partial charge in [-0.2, -0.15) is 0 Å². The van der Waals surface area contributed by atoms with Crippen molar-refractivity contribution in [2.75, 3.05) is 13.7 Å². The van der Waals surface area contributed by atoms with Crippen molar-refractivity contribution in [3.63, 3.8) is 0 Å². The van der Waals surface area contributed by atoms with E-state index in [4.69, 9.17) is 14.5 Å². The number of hydrogen-bond donors (Lipinski definition) is 0. The lowest BCUT2D eigenvalue weighted by atomic mass is 9.95. The zero-order chi connectivity index (χ0) is 27.1. The van der Waals surface area contributed by atoms with Crippen LogP contribution in [0.15, 0.2) is 99.9 Å². The molecule has 0 aliphatic carbocycles. The molecule has 6 rings (SSSR count). The maximum absolute atomic E-state index is 14.1. The molecule has 6 nitrogen and oxygen atoms in total. The third-order valence-electron chi connectivity index (χ3n) is 7.04. The zero-order valence-corrected chi connectivity index (χ0v) is 22.6. The number of hydrogen-bond acceptors (Lipinski definition) is 6. The Balaban J connectivity index is 1.63. The molecule has 1 aliphatic rings. The molecule has 39 heavy (non-hydrogen) atoms. The van der Waals surface area contributed by atoms with E-state index in [1.165, 1.54) is 11.3 Å². The minimum absolute atomic E-state index is 0.203. The summed E-state index contributed by atoms with van der Waals surface area (Å²) in [7, 11) is 1.60. The van der Waals surface area contributed by atoms with Gasteiger partial charge in [0.1, 0.15) is 5.75 Å². The van der Waals surface area contributed by atoms with Gasteiger partial charge in [-0.3, -0.25) is 9.36 Å². The number of carbonyl (C=O) groups excluding carboxylic acids is 1. The molecule has 0 bridgehead atoms. The molecule has 1 atom stereocenters. The summed E-state index contributed by atoms with van der Waals surface area (Å²) in [5.74, 6) is 0.210. The fourth-order valence-electron chi connectivity index (χ4n) is 5.23. The van der Waals surface area contributed by atoms with Gasteiger partial charge in [0.25, 0.3) is 5.56 Å². The van der Waals surface area contributed by atoms with Crippen molar-refractivity contribution in [2.45, 2.75) is 19.9 Å². The normalized spacial score (nSPS) is 15.4. The maximum atomic E-state index is 14.1. The third kappa shape index (κ3) is 4.25. The summed E-state index contributed by atoms with van der Waals surface area (Å²) >= 11 is 1.33. The van der Waals surface area contributed by atoms with E-state index in [1.807, 2.05) is 54.6 Å². The predicted molar refractivity (Wildman–Crippen MR) is 155 cm³/mol. The van der Waals surface area contributed by atoms with Gasteiger partial charge in [0.05, 0.1) is 35.6 Å². The minimum Gasteiger partial charge on any atom is -0.497 e. The molecule has 0 unspecified atom stereocenters. The molecule has 0 N–H and O–H groups in total. The molecule has 0 saturated carbocycles. The first-order valence-corrected chi connectivity index (χ1v) is 13.6. The van der Waals surface area contributed by atoms with Crippen LogP contribution in [0, 0.1) is 0 Å². The van der Waals surface area contributed by atoms with E-state index in [1.54, 1.807) is 25.5 Å². The van der Waals surface area contributed by atoms with Crippen LogP contribution in [0.2, 0.25) is 0 Å². The van der Waals surface area contributed by atoms with Gasteiger partial charge in [0.15, 0.2) is 4.80 Å². The molecular weight excluding hydrogens is 508 g/mol. The van der Waals surface area contributed by atoms with Crippen molar-refractivity contribution in [3.8, 4) is 5.75 Å².